The summed E-state index contributed by atoms with van der Waals surface area (Å²) in [7, 11) is 0. The fraction of sp³-hybridized carbons (Fsp3) is 0.600. The van der Waals surface area contributed by atoms with Crippen molar-refractivity contribution in [3.63, 3.8) is 0 Å². The van der Waals surface area contributed by atoms with Crippen LogP contribution in [-0.2, 0) is 0 Å². The van der Waals surface area contributed by atoms with Crippen LogP contribution in [0.25, 0.3) is 5.65 Å². The number of hydrogen-bond donors (Lipinski definition) is 2. The number of nitrogens with zero attached hydrogens (tertiary/aromatic N) is 4. The third-order valence-electron chi connectivity index (χ3n) is 4.08. The second-order valence-electron chi connectivity index (χ2n) is 5.49. The van der Waals surface area contributed by atoms with E-state index in [0.29, 0.717) is 6.04 Å². The zero-order valence-corrected chi connectivity index (χ0v) is 12.5. The Morgan fingerprint density at radius 2 is 2.33 bits per heavy atom. The van der Waals surface area contributed by atoms with Crippen LogP contribution in [-0.4, -0.2) is 45.2 Å². The zero-order valence-electron chi connectivity index (χ0n) is 12.5. The van der Waals surface area contributed by atoms with Gasteiger partial charge in [-0.1, -0.05) is 0 Å². The highest BCUT2D eigenvalue weighted by molar-refractivity contribution is 5.67. The molecule has 1 aliphatic heterocycles. The lowest BCUT2D eigenvalue weighted by Gasteiger charge is -2.36. The Morgan fingerprint density at radius 1 is 1.43 bits per heavy atom. The number of piperidine rings is 1. The largest absolute Gasteiger partial charge is 0.396 e. The number of aromatic nitrogens is 3. The normalized spacial score (nSPS) is 19.1. The maximum Gasteiger partial charge on any atom is 0.180 e. The summed E-state index contributed by atoms with van der Waals surface area (Å²) in [6.07, 6.45) is 10.0. The molecule has 0 saturated carbocycles. The van der Waals surface area contributed by atoms with Gasteiger partial charge >= 0.3 is 0 Å². The first kappa shape index (κ1) is 14.1. The number of hydrogen-bond acceptors (Lipinski definition) is 5. The average molecular weight is 289 g/mol. The van der Waals surface area contributed by atoms with Gasteiger partial charge in [0, 0.05) is 38.1 Å². The lowest BCUT2D eigenvalue weighted by Crippen LogP contribution is -2.41. The van der Waals surface area contributed by atoms with Crippen LogP contribution in [0.2, 0.25) is 0 Å². The second kappa shape index (κ2) is 6.30. The third-order valence-corrected chi connectivity index (χ3v) is 4.08. The molecule has 2 aromatic heterocycles. The maximum atomic E-state index is 9.32. The van der Waals surface area contributed by atoms with Crippen molar-refractivity contribution in [3.05, 3.63) is 18.6 Å². The minimum absolute atomic E-state index is 0.221. The molecule has 2 aromatic rings. The molecule has 0 amide bonds. The highest BCUT2D eigenvalue weighted by Crippen LogP contribution is 2.28. The average Bonchev–Trinajstić information content (AvgIpc) is 2.96. The van der Waals surface area contributed by atoms with Crippen molar-refractivity contribution in [1.29, 1.82) is 0 Å². The Morgan fingerprint density at radius 3 is 3.14 bits per heavy atom. The number of rotatable bonds is 5. The molecule has 1 unspecified atom stereocenters. The van der Waals surface area contributed by atoms with Gasteiger partial charge in [-0.15, -0.1) is 0 Å². The highest BCUT2D eigenvalue weighted by Gasteiger charge is 2.25. The number of anilines is 2. The summed E-state index contributed by atoms with van der Waals surface area (Å²) >= 11 is 0. The second-order valence-corrected chi connectivity index (χ2v) is 5.49. The lowest BCUT2D eigenvalue weighted by atomic mass is 10.00. The molecule has 6 heteroatoms. The Labute approximate surface area is 124 Å². The number of aliphatic hydroxyl groups is 1. The summed E-state index contributed by atoms with van der Waals surface area (Å²) < 4.78 is 2.02. The fourth-order valence-electron chi connectivity index (χ4n) is 3.10. The molecule has 1 atom stereocenters. The number of fused-ring (bicyclic) bond motifs is 1. The Hall–Kier alpha value is -1.82. The van der Waals surface area contributed by atoms with Gasteiger partial charge in [0.05, 0.1) is 6.20 Å². The molecule has 1 saturated heterocycles. The molecule has 6 nitrogen and oxygen atoms in total. The van der Waals surface area contributed by atoms with Crippen LogP contribution < -0.4 is 10.2 Å². The van der Waals surface area contributed by atoms with E-state index < -0.39 is 0 Å². The van der Waals surface area contributed by atoms with E-state index in [1.165, 1.54) is 12.8 Å². The Balaban J connectivity index is 2.01. The molecule has 114 valence electrons. The van der Waals surface area contributed by atoms with E-state index in [1.54, 1.807) is 6.20 Å². The molecule has 1 fully saturated rings. The summed E-state index contributed by atoms with van der Waals surface area (Å²) in [6, 6.07) is 0.355. The van der Waals surface area contributed by atoms with Gasteiger partial charge in [-0.25, -0.2) is 9.97 Å². The quantitative estimate of drug-likeness (QED) is 0.880. The van der Waals surface area contributed by atoms with E-state index in [4.69, 9.17) is 4.98 Å². The summed E-state index contributed by atoms with van der Waals surface area (Å²) in [5.41, 5.74) is 0.890. The standard InChI is InChI=1S/C15H23N5O/c1-2-16-13-11-19-9-7-17-14(19)15(18-13)20-8-4-3-5-12(20)6-10-21/h7,9,11-12,16,21H,2-6,8,10H2,1H3. The minimum atomic E-state index is 0.221. The minimum Gasteiger partial charge on any atom is -0.396 e. The van der Waals surface area contributed by atoms with E-state index >= 15 is 0 Å². The molecule has 0 bridgehead atoms. The van der Waals surface area contributed by atoms with Crippen LogP contribution in [0.5, 0.6) is 0 Å². The fourth-order valence-corrected chi connectivity index (χ4v) is 3.10. The summed E-state index contributed by atoms with van der Waals surface area (Å²) in [5, 5.41) is 12.6. The van der Waals surface area contributed by atoms with Crippen LogP contribution in [0.1, 0.15) is 32.6 Å². The van der Waals surface area contributed by atoms with E-state index in [2.05, 4.69) is 22.1 Å². The zero-order chi connectivity index (χ0) is 14.7. The van der Waals surface area contributed by atoms with Crippen LogP contribution >= 0.6 is 0 Å². The van der Waals surface area contributed by atoms with E-state index in [-0.39, 0.29) is 6.61 Å². The lowest BCUT2D eigenvalue weighted by molar-refractivity contribution is 0.262. The smallest absolute Gasteiger partial charge is 0.180 e. The Kier molecular flexibility index (Phi) is 4.24. The highest BCUT2D eigenvalue weighted by atomic mass is 16.3. The van der Waals surface area contributed by atoms with Gasteiger partial charge in [-0.3, -0.25) is 0 Å². The molecule has 0 spiro atoms. The Bertz CT molecular complexity index is 595. The third kappa shape index (κ3) is 2.81. The number of imidazole rings is 1. The van der Waals surface area contributed by atoms with Gasteiger partial charge in [0.2, 0.25) is 0 Å². The summed E-state index contributed by atoms with van der Waals surface area (Å²) in [5.74, 6) is 1.79. The molecule has 2 N–H and O–H groups in total. The molecule has 0 aliphatic carbocycles. The van der Waals surface area contributed by atoms with Crippen LogP contribution in [0.4, 0.5) is 11.6 Å². The van der Waals surface area contributed by atoms with Crippen molar-refractivity contribution in [2.24, 2.45) is 0 Å². The first-order valence-electron chi connectivity index (χ1n) is 7.78. The monoisotopic (exact) mass is 289 g/mol. The van der Waals surface area contributed by atoms with Crippen LogP contribution in [0.15, 0.2) is 18.6 Å². The first-order chi connectivity index (χ1) is 10.3. The molecule has 21 heavy (non-hydrogen) atoms. The molecular weight excluding hydrogens is 266 g/mol. The molecule has 1 aliphatic rings. The predicted molar refractivity (Wildman–Crippen MR) is 83.8 cm³/mol. The number of nitrogens with one attached hydrogen (secondary N) is 1. The van der Waals surface area contributed by atoms with Gasteiger partial charge in [0.25, 0.3) is 0 Å². The molecular formula is C15H23N5O. The van der Waals surface area contributed by atoms with Crippen LogP contribution in [0, 0.1) is 0 Å². The first-order valence-corrected chi connectivity index (χ1v) is 7.78. The molecule has 3 heterocycles. The van der Waals surface area contributed by atoms with Crippen molar-refractivity contribution < 1.29 is 5.11 Å². The molecule has 0 aromatic carbocycles. The topological polar surface area (TPSA) is 65.7 Å². The van der Waals surface area contributed by atoms with Gasteiger partial charge in [-0.2, -0.15) is 0 Å². The van der Waals surface area contributed by atoms with E-state index in [1.807, 2.05) is 16.8 Å². The van der Waals surface area contributed by atoms with E-state index in [9.17, 15) is 5.11 Å². The van der Waals surface area contributed by atoms with Crippen molar-refractivity contribution in [1.82, 2.24) is 14.4 Å². The van der Waals surface area contributed by atoms with Crippen molar-refractivity contribution in [3.8, 4) is 0 Å². The van der Waals surface area contributed by atoms with Crippen molar-refractivity contribution in [2.75, 3.05) is 29.9 Å². The van der Waals surface area contributed by atoms with Gasteiger partial charge in [-0.05, 0) is 32.6 Å². The number of aliphatic hydroxyl groups excluding tert-OH is 1. The molecule has 3 rings (SSSR count). The van der Waals surface area contributed by atoms with Gasteiger partial charge in [0.15, 0.2) is 11.5 Å². The molecule has 0 radical (unpaired) electrons. The van der Waals surface area contributed by atoms with Gasteiger partial charge in [0.1, 0.15) is 5.82 Å². The predicted octanol–water partition coefficient (Wildman–Crippen LogP) is 1.90. The SMILES string of the molecule is CCNc1cn2ccnc2c(N2CCCCC2CCO)n1. The van der Waals surface area contributed by atoms with Crippen molar-refractivity contribution in [2.45, 2.75) is 38.6 Å². The van der Waals surface area contributed by atoms with Crippen molar-refractivity contribution >= 4 is 17.3 Å². The van der Waals surface area contributed by atoms with Gasteiger partial charge < -0.3 is 19.7 Å². The summed E-state index contributed by atoms with van der Waals surface area (Å²) in [4.78, 5) is 11.5. The summed E-state index contributed by atoms with van der Waals surface area (Å²) in [6.45, 7) is 4.11. The van der Waals surface area contributed by atoms with E-state index in [0.717, 1.165) is 43.2 Å². The maximum absolute atomic E-state index is 9.32. The van der Waals surface area contributed by atoms with Crippen LogP contribution in [0.3, 0.4) is 0 Å².